The molecule has 0 unspecified atom stereocenters. The molecule has 6 aromatic rings. The van der Waals surface area contributed by atoms with Crippen molar-refractivity contribution in [2.24, 2.45) is 0 Å². The molecule has 0 aliphatic rings. The lowest BCUT2D eigenvalue weighted by atomic mass is 10.4. The van der Waals surface area contributed by atoms with Gasteiger partial charge in [-0.25, -0.2) is 0 Å². The Morgan fingerprint density at radius 3 is 0.609 bits per heavy atom. The van der Waals surface area contributed by atoms with Crippen molar-refractivity contribution in [1.29, 1.82) is 0 Å². The number of carboxylic acid groups (broad SMARTS) is 2. The van der Waals surface area contributed by atoms with Crippen molar-refractivity contribution in [3.05, 3.63) is 194 Å². The van der Waals surface area contributed by atoms with Gasteiger partial charge in [0.05, 0.1) is 33.7 Å². The second kappa shape index (κ2) is 18.5. The van der Waals surface area contributed by atoms with Crippen LogP contribution in [0.2, 0.25) is 0 Å². The number of hydrogen-bond donors (Lipinski definition) is 0. The van der Waals surface area contributed by atoms with E-state index in [2.05, 4.69) is 182 Å². The molecule has 0 heterocycles. The van der Waals surface area contributed by atoms with Crippen LogP contribution in [0, 0.1) is 0 Å². The van der Waals surface area contributed by atoms with Crippen LogP contribution in [0.3, 0.4) is 0 Å². The molecule has 0 aliphatic heterocycles. The zero-order valence-electron chi connectivity index (χ0n) is 24.9. The monoisotopic (exact) mass is 640 g/mol. The maximum absolute atomic E-state index is 9.41. The largest absolute Gasteiger partial charge is 0.545 e. The van der Waals surface area contributed by atoms with Crippen LogP contribution in [0.4, 0.5) is 0 Å². The van der Waals surface area contributed by atoms with E-state index in [-0.39, 0.29) is 21.8 Å². The first kappa shape index (κ1) is 33.6. The van der Waals surface area contributed by atoms with Gasteiger partial charge < -0.3 is 19.8 Å². The second-order valence-electron chi connectivity index (χ2n) is 9.46. The molecule has 0 aliphatic carbocycles. The molecule has 0 aromatic heterocycles. The molecule has 228 valence electrons. The van der Waals surface area contributed by atoms with E-state index in [9.17, 15) is 19.8 Å². The fraction of sp³-hybridized carbons (Fsp3) is 0. The minimum atomic E-state index is -1.55. The van der Waals surface area contributed by atoms with E-state index >= 15 is 0 Å². The van der Waals surface area contributed by atoms with Crippen LogP contribution in [-0.2, 0) is 31.4 Å². The lowest BCUT2D eigenvalue weighted by molar-refractivity contribution is -0.301. The van der Waals surface area contributed by atoms with E-state index in [4.69, 9.17) is 0 Å². The average molecular weight is 641 g/mol. The quantitative estimate of drug-likeness (QED) is 0.139. The number of hydrogen-bond acceptors (Lipinski definition) is 4. The van der Waals surface area contributed by atoms with Gasteiger partial charge in [-0.2, -0.15) is 0 Å². The van der Waals surface area contributed by atoms with Crippen molar-refractivity contribution < 1.29 is 19.8 Å². The number of carbonyl (C=O) groups is 2. The van der Waals surface area contributed by atoms with Crippen LogP contribution in [0.5, 0.6) is 0 Å². The summed E-state index contributed by atoms with van der Waals surface area (Å²) < 4.78 is 0. The molecular weight excluding hydrogens is 609 g/mol. The number of benzene rings is 6. The number of carbonyl (C=O) groups excluding carboxylic acids is 2. The van der Waals surface area contributed by atoms with Crippen LogP contribution in [-0.4, -0.2) is 11.9 Å². The molecule has 0 saturated heterocycles. The first-order chi connectivity index (χ1) is 22.5. The Bertz CT molecular complexity index is 1440. The third kappa shape index (κ3) is 10.7. The van der Waals surface area contributed by atoms with Crippen LogP contribution in [0.15, 0.2) is 224 Å². The van der Waals surface area contributed by atoms with Crippen molar-refractivity contribution in [2.45, 2.75) is 29.4 Å². The predicted molar refractivity (Wildman–Crippen MR) is 182 cm³/mol. The highest BCUT2D eigenvalue weighted by Gasteiger charge is 2.28. The lowest BCUT2D eigenvalue weighted by Gasteiger charge is -2.07. The Morgan fingerprint density at radius 2 is 0.478 bits per heavy atom. The van der Waals surface area contributed by atoms with E-state index < -0.39 is 11.9 Å². The smallest absolute Gasteiger partial charge is 0.166 e. The standard InChI is InChI=1S/2C18H15S.C4H4O4/c2*1-4-10-16(11-5-1)19(17-12-6-2-7-13-17)18-14-8-3-9-15-18;5-3(6)1-2-4(7)8/h2*1-15H;1-2H,(H,5,6)(H,7,8)/q2*+1;/p-2/b;;2-1-. The summed E-state index contributed by atoms with van der Waals surface area (Å²) in [7, 11) is -0.0293. The molecule has 0 amide bonds. The average Bonchev–Trinajstić information content (AvgIpc) is 3.11. The molecule has 6 heteroatoms. The third-order valence-corrected chi connectivity index (χ3v) is 10.7. The minimum Gasteiger partial charge on any atom is -0.545 e. The van der Waals surface area contributed by atoms with Gasteiger partial charge in [-0.1, -0.05) is 109 Å². The zero-order chi connectivity index (χ0) is 32.4. The van der Waals surface area contributed by atoms with Crippen molar-refractivity contribution in [3.8, 4) is 0 Å². The molecule has 0 atom stereocenters. The molecule has 0 N–H and O–H groups in total. The summed E-state index contributed by atoms with van der Waals surface area (Å²) in [6.07, 6.45) is 0.769. The molecule has 0 radical (unpaired) electrons. The molecule has 0 fully saturated rings. The summed E-state index contributed by atoms with van der Waals surface area (Å²) in [6, 6.07) is 64.3. The van der Waals surface area contributed by atoms with Gasteiger partial charge in [0.2, 0.25) is 0 Å². The first-order valence-corrected chi connectivity index (χ1v) is 16.9. The van der Waals surface area contributed by atoms with Gasteiger partial charge in [0, 0.05) is 0 Å². The van der Waals surface area contributed by atoms with Gasteiger partial charge in [0.25, 0.3) is 0 Å². The molecule has 4 nitrogen and oxygen atoms in total. The molecule has 46 heavy (non-hydrogen) atoms. The fourth-order valence-corrected chi connectivity index (χ4v) is 8.50. The van der Waals surface area contributed by atoms with Crippen molar-refractivity contribution in [2.75, 3.05) is 0 Å². The van der Waals surface area contributed by atoms with Crippen LogP contribution >= 0.6 is 0 Å². The number of rotatable bonds is 8. The van der Waals surface area contributed by atoms with Crippen molar-refractivity contribution in [3.63, 3.8) is 0 Å². The van der Waals surface area contributed by atoms with Gasteiger partial charge in [-0.05, 0) is 84.9 Å². The van der Waals surface area contributed by atoms with E-state index in [1.54, 1.807) is 0 Å². The van der Waals surface area contributed by atoms with Crippen molar-refractivity contribution in [1.82, 2.24) is 0 Å². The summed E-state index contributed by atoms with van der Waals surface area (Å²) in [6.45, 7) is 0. The normalized spacial score (nSPS) is 10.4. The highest BCUT2D eigenvalue weighted by molar-refractivity contribution is 7.97. The summed E-state index contributed by atoms with van der Waals surface area (Å²) in [5.74, 6) is -3.09. The summed E-state index contributed by atoms with van der Waals surface area (Å²) >= 11 is 0. The number of aliphatic carboxylic acids is 2. The Hall–Kier alpha value is -5.30. The van der Waals surface area contributed by atoms with Crippen molar-refractivity contribution >= 4 is 33.7 Å². The summed E-state index contributed by atoms with van der Waals surface area (Å²) in [5.41, 5.74) is 0. The summed E-state index contributed by atoms with van der Waals surface area (Å²) in [5, 5.41) is 18.8. The Balaban J connectivity index is 0.000000170. The van der Waals surface area contributed by atoms with E-state index in [0.29, 0.717) is 12.2 Å². The second-order valence-corrected chi connectivity index (χ2v) is 13.5. The van der Waals surface area contributed by atoms with Crippen LogP contribution in [0.1, 0.15) is 0 Å². The number of carboxylic acids is 2. The zero-order valence-corrected chi connectivity index (χ0v) is 26.6. The minimum absolute atomic E-state index is 0.0146. The fourth-order valence-electron chi connectivity index (χ4n) is 4.29. The maximum atomic E-state index is 9.41. The first-order valence-electron chi connectivity index (χ1n) is 14.4. The molecular formula is C40H32O4S2. The maximum Gasteiger partial charge on any atom is 0.166 e. The highest BCUT2D eigenvalue weighted by atomic mass is 32.2. The van der Waals surface area contributed by atoms with Crippen LogP contribution in [0.25, 0.3) is 0 Å². The molecule has 6 aromatic carbocycles. The topological polar surface area (TPSA) is 80.3 Å². The SMILES string of the molecule is O=C([O-])/C=C\C(=O)[O-].c1ccc([S+](c2ccccc2)c2ccccc2)cc1.c1ccc([S+](c2ccccc2)c2ccccc2)cc1. The Labute approximate surface area is 276 Å². The predicted octanol–water partition coefficient (Wildman–Crippen LogP) is 6.61. The summed E-state index contributed by atoms with van der Waals surface area (Å²) in [4.78, 5) is 27.0. The Kier molecular flexibility index (Phi) is 13.5. The lowest BCUT2D eigenvalue weighted by Crippen LogP contribution is -2.23. The molecule has 0 spiro atoms. The van der Waals surface area contributed by atoms with Gasteiger partial charge >= 0.3 is 0 Å². The van der Waals surface area contributed by atoms with Crippen LogP contribution < -0.4 is 10.2 Å². The third-order valence-electron chi connectivity index (χ3n) is 6.23. The van der Waals surface area contributed by atoms with Gasteiger partial charge in [0.15, 0.2) is 29.4 Å². The molecule has 6 rings (SSSR count). The van der Waals surface area contributed by atoms with E-state index in [1.807, 2.05) is 0 Å². The van der Waals surface area contributed by atoms with Gasteiger partial charge in [-0.3, -0.25) is 0 Å². The highest BCUT2D eigenvalue weighted by Crippen LogP contribution is 2.31. The molecule has 0 bridgehead atoms. The van der Waals surface area contributed by atoms with E-state index in [0.717, 1.165) is 0 Å². The van der Waals surface area contributed by atoms with Gasteiger partial charge in [-0.15, -0.1) is 0 Å². The van der Waals surface area contributed by atoms with E-state index in [1.165, 1.54) is 29.4 Å². The molecule has 0 saturated carbocycles. The van der Waals surface area contributed by atoms with Gasteiger partial charge in [0.1, 0.15) is 0 Å². The Morgan fingerprint density at radius 1 is 0.326 bits per heavy atom.